The standard InChI is InChI=1S/C10H11ClO4S/c1-7(2)10(12)15-8-3-5-9(6-4-8)16(11,13)14/h3-7H,1-2H3. The summed E-state index contributed by atoms with van der Waals surface area (Å²) in [7, 11) is 1.40. The molecule has 6 heteroatoms. The van der Waals surface area contributed by atoms with Crippen LogP contribution < -0.4 is 4.74 Å². The highest BCUT2D eigenvalue weighted by molar-refractivity contribution is 8.13. The minimum atomic E-state index is -3.73. The van der Waals surface area contributed by atoms with Crippen molar-refractivity contribution >= 4 is 25.7 Å². The Morgan fingerprint density at radius 1 is 1.25 bits per heavy atom. The van der Waals surface area contributed by atoms with Crippen LogP contribution in [0.2, 0.25) is 0 Å². The average molecular weight is 263 g/mol. The molecule has 0 aliphatic heterocycles. The third-order valence-electron chi connectivity index (χ3n) is 1.80. The molecule has 0 aliphatic carbocycles. The summed E-state index contributed by atoms with van der Waals surface area (Å²) in [5.41, 5.74) is 0. The van der Waals surface area contributed by atoms with Gasteiger partial charge in [-0.05, 0) is 24.3 Å². The molecule has 0 saturated heterocycles. The van der Waals surface area contributed by atoms with Gasteiger partial charge in [0.05, 0.1) is 10.8 Å². The van der Waals surface area contributed by atoms with Crippen molar-refractivity contribution in [1.82, 2.24) is 0 Å². The molecule has 0 unspecified atom stereocenters. The Bertz CT molecular complexity index is 476. The van der Waals surface area contributed by atoms with Crippen LogP contribution in [0.3, 0.4) is 0 Å². The molecule has 1 aromatic rings. The van der Waals surface area contributed by atoms with Crippen LogP contribution in [0.5, 0.6) is 5.75 Å². The van der Waals surface area contributed by atoms with Crippen LogP contribution in [-0.4, -0.2) is 14.4 Å². The van der Waals surface area contributed by atoms with Crippen LogP contribution in [0.4, 0.5) is 0 Å². The molecule has 1 rings (SSSR count). The topological polar surface area (TPSA) is 60.4 Å². The second-order valence-electron chi connectivity index (χ2n) is 3.49. The van der Waals surface area contributed by atoms with E-state index in [1.54, 1.807) is 13.8 Å². The first-order valence-electron chi connectivity index (χ1n) is 4.57. The molecule has 0 amide bonds. The van der Waals surface area contributed by atoms with E-state index in [1.807, 2.05) is 0 Å². The summed E-state index contributed by atoms with van der Waals surface area (Å²) in [5, 5.41) is 0. The molecule has 16 heavy (non-hydrogen) atoms. The van der Waals surface area contributed by atoms with Crippen molar-refractivity contribution in [2.45, 2.75) is 18.7 Å². The lowest BCUT2D eigenvalue weighted by molar-refractivity contribution is -0.137. The molecule has 0 heterocycles. The molecule has 0 aliphatic rings. The molecular weight excluding hydrogens is 252 g/mol. The molecule has 4 nitrogen and oxygen atoms in total. The molecule has 0 atom stereocenters. The Kier molecular flexibility index (Phi) is 3.93. The maximum Gasteiger partial charge on any atom is 0.313 e. The minimum absolute atomic E-state index is 0.0292. The summed E-state index contributed by atoms with van der Waals surface area (Å²) in [4.78, 5) is 11.2. The van der Waals surface area contributed by atoms with Gasteiger partial charge in [0, 0.05) is 10.7 Å². The summed E-state index contributed by atoms with van der Waals surface area (Å²) in [6, 6.07) is 5.33. The molecule has 1 aromatic carbocycles. The lowest BCUT2D eigenvalue weighted by Crippen LogP contribution is -2.14. The van der Waals surface area contributed by atoms with Gasteiger partial charge in [0.2, 0.25) is 0 Å². The lowest BCUT2D eigenvalue weighted by Gasteiger charge is -2.06. The Morgan fingerprint density at radius 2 is 1.75 bits per heavy atom. The second-order valence-corrected chi connectivity index (χ2v) is 6.05. The van der Waals surface area contributed by atoms with Gasteiger partial charge < -0.3 is 4.74 Å². The number of carbonyl (C=O) groups excluding carboxylic acids is 1. The van der Waals surface area contributed by atoms with Crippen LogP contribution in [0, 0.1) is 5.92 Å². The Morgan fingerprint density at radius 3 is 2.12 bits per heavy atom. The number of carbonyl (C=O) groups is 1. The van der Waals surface area contributed by atoms with Crippen molar-refractivity contribution in [2.75, 3.05) is 0 Å². The van der Waals surface area contributed by atoms with Crippen molar-refractivity contribution in [2.24, 2.45) is 5.92 Å². The van der Waals surface area contributed by atoms with Crippen molar-refractivity contribution in [3.63, 3.8) is 0 Å². The number of benzene rings is 1. The first-order chi connectivity index (χ1) is 7.30. The molecule has 0 bridgehead atoms. The highest BCUT2D eigenvalue weighted by Gasteiger charge is 2.12. The van der Waals surface area contributed by atoms with Crippen molar-refractivity contribution in [3.05, 3.63) is 24.3 Å². The van der Waals surface area contributed by atoms with Gasteiger partial charge >= 0.3 is 5.97 Å². The molecule has 0 fully saturated rings. The maximum atomic E-state index is 11.2. The highest BCUT2D eigenvalue weighted by Crippen LogP contribution is 2.19. The average Bonchev–Trinajstić information content (AvgIpc) is 2.17. The number of hydrogen-bond acceptors (Lipinski definition) is 4. The fraction of sp³-hybridized carbons (Fsp3) is 0.300. The van der Waals surface area contributed by atoms with Gasteiger partial charge in [0.25, 0.3) is 9.05 Å². The van der Waals surface area contributed by atoms with E-state index in [4.69, 9.17) is 15.4 Å². The predicted octanol–water partition coefficient (Wildman–Crippen LogP) is 2.18. The third kappa shape index (κ3) is 3.50. The molecule has 0 saturated carbocycles. The number of rotatable bonds is 3. The first-order valence-corrected chi connectivity index (χ1v) is 6.88. The molecular formula is C10H11ClO4S. The third-order valence-corrected chi connectivity index (χ3v) is 3.16. The van der Waals surface area contributed by atoms with Crippen molar-refractivity contribution < 1.29 is 17.9 Å². The summed E-state index contributed by atoms with van der Waals surface area (Å²) in [6.07, 6.45) is 0. The quantitative estimate of drug-likeness (QED) is 0.476. The summed E-state index contributed by atoms with van der Waals surface area (Å²) in [6.45, 7) is 3.42. The monoisotopic (exact) mass is 262 g/mol. The Balaban J connectivity index is 2.84. The SMILES string of the molecule is CC(C)C(=O)Oc1ccc(S(=O)(=O)Cl)cc1. The van der Waals surface area contributed by atoms with E-state index in [1.165, 1.54) is 24.3 Å². The van der Waals surface area contributed by atoms with Gasteiger partial charge in [-0.15, -0.1) is 0 Å². The zero-order valence-electron chi connectivity index (χ0n) is 8.81. The van der Waals surface area contributed by atoms with Crippen LogP contribution >= 0.6 is 10.7 Å². The van der Waals surface area contributed by atoms with Gasteiger partial charge in [-0.25, -0.2) is 8.42 Å². The van der Waals surface area contributed by atoms with E-state index < -0.39 is 9.05 Å². The van der Waals surface area contributed by atoms with Gasteiger partial charge in [0.1, 0.15) is 5.75 Å². The van der Waals surface area contributed by atoms with Gasteiger partial charge in [-0.3, -0.25) is 4.79 Å². The van der Waals surface area contributed by atoms with Crippen LogP contribution in [-0.2, 0) is 13.8 Å². The zero-order chi connectivity index (χ0) is 12.3. The van der Waals surface area contributed by atoms with Gasteiger partial charge in [0.15, 0.2) is 0 Å². The predicted molar refractivity (Wildman–Crippen MR) is 60.0 cm³/mol. The number of hydrogen-bond donors (Lipinski definition) is 0. The fourth-order valence-electron chi connectivity index (χ4n) is 0.904. The second kappa shape index (κ2) is 4.84. The first kappa shape index (κ1) is 13.0. The summed E-state index contributed by atoms with van der Waals surface area (Å²) >= 11 is 0. The van der Waals surface area contributed by atoms with Gasteiger partial charge in [-0.1, -0.05) is 13.8 Å². The smallest absolute Gasteiger partial charge is 0.313 e. The molecule has 88 valence electrons. The van der Waals surface area contributed by atoms with Crippen LogP contribution in [0.25, 0.3) is 0 Å². The molecule has 0 radical (unpaired) electrons. The van der Waals surface area contributed by atoms with E-state index in [9.17, 15) is 13.2 Å². The normalized spacial score (nSPS) is 11.5. The number of ether oxygens (including phenoxy) is 1. The van der Waals surface area contributed by atoms with E-state index in [0.717, 1.165) is 0 Å². The fourth-order valence-corrected chi connectivity index (χ4v) is 1.67. The van der Waals surface area contributed by atoms with E-state index in [2.05, 4.69) is 0 Å². The molecule has 0 aromatic heterocycles. The van der Waals surface area contributed by atoms with Crippen molar-refractivity contribution in [1.29, 1.82) is 0 Å². The lowest BCUT2D eigenvalue weighted by atomic mass is 10.2. The largest absolute Gasteiger partial charge is 0.426 e. The van der Waals surface area contributed by atoms with Crippen molar-refractivity contribution in [3.8, 4) is 5.75 Å². The Hall–Kier alpha value is -1.07. The summed E-state index contributed by atoms with van der Waals surface area (Å²) in [5.74, 6) is -0.319. The number of esters is 1. The van der Waals surface area contributed by atoms with E-state index in [0.29, 0.717) is 5.75 Å². The van der Waals surface area contributed by atoms with Crippen LogP contribution in [0.1, 0.15) is 13.8 Å². The molecule has 0 N–H and O–H groups in total. The Labute approximate surface area is 98.6 Å². The van der Waals surface area contributed by atoms with Crippen LogP contribution in [0.15, 0.2) is 29.2 Å². The van der Waals surface area contributed by atoms with E-state index >= 15 is 0 Å². The number of halogens is 1. The summed E-state index contributed by atoms with van der Waals surface area (Å²) < 4.78 is 26.8. The zero-order valence-corrected chi connectivity index (χ0v) is 10.4. The maximum absolute atomic E-state index is 11.2. The highest BCUT2D eigenvalue weighted by atomic mass is 35.7. The van der Waals surface area contributed by atoms with Gasteiger partial charge in [-0.2, -0.15) is 0 Å². The minimum Gasteiger partial charge on any atom is -0.426 e. The molecule has 0 spiro atoms. The van der Waals surface area contributed by atoms with E-state index in [-0.39, 0.29) is 16.8 Å².